The van der Waals surface area contributed by atoms with Crippen molar-refractivity contribution in [2.45, 2.75) is 16.9 Å². The van der Waals surface area contributed by atoms with Gasteiger partial charge in [0.1, 0.15) is 11.7 Å². The number of nitrogen functional groups attached to an aromatic ring is 1. The molecule has 38 heavy (non-hydrogen) atoms. The summed E-state index contributed by atoms with van der Waals surface area (Å²) in [5.74, 6) is -2.79. The molecule has 0 saturated carbocycles. The number of amidine groups is 1. The zero-order valence-corrected chi connectivity index (χ0v) is 20.5. The summed E-state index contributed by atoms with van der Waals surface area (Å²) < 4.78 is 38.9. The minimum atomic E-state index is -4.07. The highest BCUT2D eigenvalue weighted by Crippen LogP contribution is 2.33. The number of rotatable bonds is 8. The zero-order valence-electron chi connectivity index (χ0n) is 19.7. The molecule has 2 amide bonds. The molecule has 9 N–H and O–H groups in total. The first kappa shape index (κ1) is 26.5. The maximum Gasteiger partial charge on any atom is 0.264 e. The summed E-state index contributed by atoms with van der Waals surface area (Å²) in [6, 6.07) is 16.1. The predicted octanol–water partition coefficient (Wildman–Crippen LogP) is 1.55. The molecule has 1 aliphatic heterocycles. The maximum atomic E-state index is 15.1. The fraction of sp³-hybridized carbons (Fsp3) is 0.0800. The fourth-order valence-electron chi connectivity index (χ4n) is 3.94. The molecule has 3 aromatic rings. The molecule has 1 aliphatic rings. The van der Waals surface area contributed by atoms with Crippen LogP contribution in [0, 0.1) is 11.2 Å². The second-order valence-electron chi connectivity index (χ2n) is 8.48. The Balaban J connectivity index is 1.65. The van der Waals surface area contributed by atoms with Gasteiger partial charge in [-0.15, -0.1) is 0 Å². The van der Waals surface area contributed by atoms with Crippen LogP contribution in [0.2, 0.25) is 0 Å². The molecule has 0 saturated heterocycles. The Morgan fingerprint density at radius 2 is 1.76 bits per heavy atom. The number of halogens is 1. The van der Waals surface area contributed by atoms with Crippen molar-refractivity contribution in [3.8, 4) is 11.1 Å². The third-order valence-electron chi connectivity index (χ3n) is 5.75. The highest BCUT2D eigenvalue weighted by atomic mass is 32.2. The van der Waals surface area contributed by atoms with Gasteiger partial charge in [-0.3, -0.25) is 25.3 Å². The van der Waals surface area contributed by atoms with Crippen LogP contribution in [0.1, 0.15) is 17.5 Å². The molecule has 0 aromatic heterocycles. The van der Waals surface area contributed by atoms with Gasteiger partial charge in [0.15, 0.2) is 0 Å². The summed E-state index contributed by atoms with van der Waals surface area (Å²) in [6.45, 7) is 0. The van der Waals surface area contributed by atoms with Gasteiger partial charge in [-0.2, -0.15) is 0 Å². The third kappa shape index (κ3) is 5.39. The summed E-state index contributed by atoms with van der Waals surface area (Å²) in [6.07, 6.45) is 0.768. The molecule has 1 unspecified atom stereocenters. The normalized spacial score (nSPS) is 16.8. The van der Waals surface area contributed by atoms with Crippen LogP contribution in [0.4, 0.5) is 10.1 Å². The Morgan fingerprint density at radius 3 is 2.42 bits per heavy atom. The number of nitrogens with one attached hydrogen (secondary N) is 3. The number of hydrogen-bond acceptors (Lipinski definition) is 7. The number of hydrogen-bond donors (Lipinski definition) is 6. The number of primary sulfonamides is 1. The van der Waals surface area contributed by atoms with E-state index in [9.17, 15) is 18.0 Å². The number of primary amides is 1. The number of amides is 2. The smallest absolute Gasteiger partial charge is 0.264 e. The topological polar surface area (TPSA) is 203 Å². The van der Waals surface area contributed by atoms with Crippen LogP contribution < -0.4 is 27.4 Å². The minimum absolute atomic E-state index is 0.168. The molecule has 3 aromatic carbocycles. The maximum absolute atomic E-state index is 15.1. The summed E-state index contributed by atoms with van der Waals surface area (Å²) in [5.41, 5.74) is 13.0. The molecule has 0 spiro atoms. The van der Waals surface area contributed by atoms with Crippen molar-refractivity contribution in [1.82, 2.24) is 5.48 Å². The van der Waals surface area contributed by atoms with Crippen LogP contribution >= 0.6 is 0 Å². The highest BCUT2D eigenvalue weighted by Gasteiger charge is 2.45. The van der Waals surface area contributed by atoms with Crippen LogP contribution in [0.15, 0.2) is 77.7 Å². The van der Waals surface area contributed by atoms with Crippen molar-refractivity contribution in [2.75, 3.05) is 5.32 Å². The van der Waals surface area contributed by atoms with Crippen LogP contribution in [0.5, 0.6) is 0 Å². The standard InChI is InChI=1S/C25H23FN6O5S/c26-18-11-14(17-6-1-2-7-21(17)38(30,35)36)8-9-19(18)31-24(34)25(13-22(27)33)12-20(32-37-25)15-4-3-5-16(10-15)23(28)29/h1-12,32H,13H2,(H2,27,33)(H3,28,29)(H,31,34)(H2,30,35,36). The van der Waals surface area contributed by atoms with Crippen LogP contribution in [0.3, 0.4) is 0 Å². The first-order valence-corrected chi connectivity index (χ1v) is 12.6. The van der Waals surface area contributed by atoms with E-state index >= 15 is 4.39 Å². The lowest BCUT2D eigenvalue weighted by Crippen LogP contribution is -2.46. The molecule has 0 fully saturated rings. The number of benzene rings is 3. The lowest BCUT2D eigenvalue weighted by Gasteiger charge is -2.23. The highest BCUT2D eigenvalue weighted by molar-refractivity contribution is 7.89. The molecule has 1 atom stereocenters. The van der Waals surface area contributed by atoms with Gasteiger partial charge >= 0.3 is 0 Å². The van der Waals surface area contributed by atoms with Gasteiger partial charge in [0.25, 0.3) is 5.91 Å². The van der Waals surface area contributed by atoms with Gasteiger partial charge in [-0.25, -0.2) is 17.9 Å². The molecular weight excluding hydrogens is 515 g/mol. The number of sulfonamides is 1. The van der Waals surface area contributed by atoms with Crippen molar-refractivity contribution < 1.29 is 27.2 Å². The summed E-state index contributed by atoms with van der Waals surface area (Å²) in [5, 5.41) is 15.3. The number of hydroxylamine groups is 1. The first-order chi connectivity index (χ1) is 17.9. The molecule has 196 valence electrons. The molecule has 11 nitrogen and oxygen atoms in total. The van der Waals surface area contributed by atoms with Crippen LogP contribution in [-0.2, 0) is 24.4 Å². The molecule has 0 bridgehead atoms. The fourth-order valence-corrected chi connectivity index (χ4v) is 4.70. The van der Waals surface area contributed by atoms with Gasteiger partial charge in [-0.1, -0.05) is 42.5 Å². The van der Waals surface area contributed by atoms with E-state index in [1.165, 1.54) is 36.4 Å². The molecule has 4 rings (SSSR count). The number of carbonyl (C=O) groups excluding carboxylic acids is 2. The van der Waals surface area contributed by atoms with Gasteiger partial charge < -0.3 is 16.8 Å². The molecular formula is C25H23FN6O5S. The number of nitrogens with two attached hydrogens (primary N) is 3. The quantitative estimate of drug-likeness (QED) is 0.184. The van der Waals surface area contributed by atoms with Gasteiger partial charge in [-0.05, 0) is 35.9 Å². The van der Waals surface area contributed by atoms with Crippen molar-refractivity contribution in [1.29, 1.82) is 5.41 Å². The van der Waals surface area contributed by atoms with E-state index in [-0.39, 0.29) is 27.5 Å². The van der Waals surface area contributed by atoms with E-state index < -0.39 is 39.7 Å². The zero-order chi connectivity index (χ0) is 27.7. The van der Waals surface area contributed by atoms with Gasteiger partial charge in [0.2, 0.25) is 21.5 Å². The molecule has 0 aliphatic carbocycles. The average molecular weight is 539 g/mol. The lowest BCUT2D eigenvalue weighted by atomic mass is 9.95. The Hall–Kier alpha value is -4.59. The van der Waals surface area contributed by atoms with Gasteiger partial charge in [0.05, 0.1) is 22.7 Å². The Bertz CT molecular complexity index is 1610. The van der Waals surface area contributed by atoms with Crippen molar-refractivity contribution in [3.63, 3.8) is 0 Å². The lowest BCUT2D eigenvalue weighted by molar-refractivity contribution is -0.143. The summed E-state index contributed by atoms with van der Waals surface area (Å²) in [7, 11) is -4.07. The van der Waals surface area contributed by atoms with E-state index in [0.29, 0.717) is 16.8 Å². The van der Waals surface area contributed by atoms with E-state index in [1.807, 2.05) is 0 Å². The minimum Gasteiger partial charge on any atom is -0.384 e. The number of carbonyl (C=O) groups is 2. The Morgan fingerprint density at radius 1 is 1.03 bits per heavy atom. The third-order valence-corrected chi connectivity index (χ3v) is 6.72. The second-order valence-corrected chi connectivity index (χ2v) is 10.0. The first-order valence-electron chi connectivity index (χ1n) is 11.0. The van der Waals surface area contributed by atoms with E-state index in [0.717, 1.165) is 6.07 Å². The van der Waals surface area contributed by atoms with E-state index in [2.05, 4.69) is 10.8 Å². The molecule has 1 heterocycles. The van der Waals surface area contributed by atoms with E-state index in [1.54, 1.807) is 30.3 Å². The largest absolute Gasteiger partial charge is 0.384 e. The monoisotopic (exact) mass is 538 g/mol. The van der Waals surface area contributed by atoms with Crippen molar-refractivity contribution in [2.24, 2.45) is 16.6 Å². The van der Waals surface area contributed by atoms with Crippen LogP contribution in [-0.4, -0.2) is 31.7 Å². The van der Waals surface area contributed by atoms with Crippen molar-refractivity contribution >= 4 is 39.1 Å². The Labute approximate surface area is 217 Å². The van der Waals surface area contributed by atoms with E-state index in [4.69, 9.17) is 26.9 Å². The average Bonchev–Trinajstić information content (AvgIpc) is 3.29. The predicted molar refractivity (Wildman–Crippen MR) is 138 cm³/mol. The summed E-state index contributed by atoms with van der Waals surface area (Å²) in [4.78, 5) is 30.4. The van der Waals surface area contributed by atoms with Crippen molar-refractivity contribution in [3.05, 3.63) is 89.8 Å². The SMILES string of the molecule is N=C(N)c1cccc(C2=CC(CC(N)=O)(C(=O)Nc3ccc(-c4ccccc4S(N)(=O)=O)cc3F)ON2)c1. The molecule has 13 heteroatoms. The molecule has 0 radical (unpaired) electrons. The number of anilines is 1. The van der Waals surface area contributed by atoms with Crippen LogP contribution in [0.25, 0.3) is 16.8 Å². The van der Waals surface area contributed by atoms with Gasteiger partial charge in [0, 0.05) is 16.7 Å². The summed E-state index contributed by atoms with van der Waals surface area (Å²) >= 11 is 0. The second kappa shape index (κ2) is 10.0. The Kier molecular flexibility index (Phi) is 7.00.